The lowest BCUT2D eigenvalue weighted by Crippen LogP contribution is -2.53. The molecule has 0 radical (unpaired) electrons. The van der Waals surface area contributed by atoms with Crippen molar-refractivity contribution in [3.05, 3.63) is 35.9 Å². The number of hydrogen-bond donors (Lipinski definition) is 2. The van der Waals surface area contributed by atoms with Gasteiger partial charge >= 0.3 is 5.97 Å². The zero-order valence-electron chi connectivity index (χ0n) is 12.1. The number of carboxylic acid groups (broad SMARTS) is 1. The van der Waals surface area contributed by atoms with Crippen molar-refractivity contribution in [2.24, 2.45) is 5.14 Å². The summed E-state index contributed by atoms with van der Waals surface area (Å²) in [5, 5.41) is 13.8. The fourth-order valence-electron chi connectivity index (χ4n) is 2.92. The smallest absolute Gasteiger partial charge is 0.334 e. The van der Waals surface area contributed by atoms with Gasteiger partial charge in [0.15, 0.2) is 5.54 Å². The summed E-state index contributed by atoms with van der Waals surface area (Å²) in [7, 11) is -3.90. The third-order valence-electron chi connectivity index (χ3n) is 4.13. The van der Waals surface area contributed by atoms with Gasteiger partial charge in [-0.2, -0.15) is 0 Å². The Morgan fingerprint density at radius 1 is 1.41 bits per heavy atom. The first kappa shape index (κ1) is 16.4. The number of nitrogens with zero attached hydrogens (tertiary/aromatic N) is 1. The van der Waals surface area contributed by atoms with Crippen LogP contribution in [0.1, 0.15) is 25.3 Å². The van der Waals surface area contributed by atoms with Crippen LogP contribution in [0.3, 0.4) is 0 Å². The molecule has 1 aliphatic heterocycles. The minimum atomic E-state index is -3.90. The Labute approximate surface area is 128 Å². The minimum absolute atomic E-state index is 0.120. The van der Waals surface area contributed by atoms with Crippen molar-refractivity contribution in [3.63, 3.8) is 0 Å². The summed E-state index contributed by atoms with van der Waals surface area (Å²) < 4.78 is 23.0. The summed E-state index contributed by atoms with van der Waals surface area (Å²) in [5.41, 5.74) is -1.15. The van der Waals surface area contributed by atoms with Gasteiger partial charge in [0.2, 0.25) is 15.9 Å². The molecule has 120 valence electrons. The lowest BCUT2D eigenvalue weighted by molar-refractivity contribution is -0.158. The second kappa shape index (κ2) is 5.69. The molecule has 2 atom stereocenters. The van der Waals surface area contributed by atoms with E-state index >= 15 is 0 Å². The number of sulfonamides is 1. The normalized spacial score (nSPS) is 21.6. The first-order valence-corrected chi connectivity index (χ1v) is 8.45. The van der Waals surface area contributed by atoms with Gasteiger partial charge in [0.05, 0.1) is 0 Å². The van der Waals surface area contributed by atoms with E-state index in [2.05, 4.69) is 0 Å². The number of aliphatic carboxylic acids is 1. The highest BCUT2D eigenvalue weighted by Gasteiger charge is 2.52. The van der Waals surface area contributed by atoms with E-state index in [4.69, 9.17) is 5.14 Å². The van der Waals surface area contributed by atoms with Crippen LogP contribution in [0.5, 0.6) is 0 Å². The standard InChI is InChI=1S/C14H18N2O5S/c1-2-14(13(18)19,10-6-4-3-5-7-10)16-9-11(8-12(16)17)22(15,20)21/h3-7,11H,2,8-9H2,1H3,(H,18,19)(H2,15,20,21). The molecule has 0 bridgehead atoms. The van der Waals surface area contributed by atoms with Gasteiger partial charge < -0.3 is 10.0 Å². The number of nitrogens with two attached hydrogens (primary N) is 1. The summed E-state index contributed by atoms with van der Waals surface area (Å²) in [6.45, 7) is 1.44. The van der Waals surface area contributed by atoms with Crippen molar-refractivity contribution in [1.82, 2.24) is 4.90 Å². The maximum absolute atomic E-state index is 12.3. The summed E-state index contributed by atoms with van der Waals surface area (Å²) in [6.07, 6.45) is -0.171. The molecule has 1 saturated heterocycles. The molecule has 0 aromatic heterocycles. The molecule has 1 fully saturated rings. The van der Waals surface area contributed by atoms with Crippen LogP contribution in [0, 0.1) is 0 Å². The molecule has 1 aliphatic rings. The van der Waals surface area contributed by atoms with Gasteiger partial charge in [0.25, 0.3) is 0 Å². The van der Waals surface area contributed by atoms with Gasteiger partial charge in [0, 0.05) is 13.0 Å². The van der Waals surface area contributed by atoms with E-state index in [0.29, 0.717) is 5.56 Å². The van der Waals surface area contributed by atoms with E-state index in [0.717, 1.165) is 4.90 Å². The molecule has 0 saturated carbocycles. The topological polar surface area (TPSA) is 118 Å². The van der Waals surface area contributed by atoms with E-state index in [1.807, 2.05) is 0 Å². The maximum atomic E-state index is 12.3. The predicted octanol–water partition coefficient (Wildman–Crippen LogP) is 0.266. The highest BCUT2D eigenvalue weighted by Crippen LogP contribution is 2.37. The number of benzene rings is 1. The number of primary sulfonamides is 1. The number of carboxylic acids is 1. The van der Waals surface area contributed by atoms with E-state index in [9.17, 15) is 23.1 Å². The Balaban J connectivity index is 2.52. The van der Waals surface area contributed by atoms with Crippen LogP contribution in [-0.4, -0.2) is 42.1 Å². The summed E-state index contributed by atoms with van der Waals surface area (Å²) in [6, 6.07) is 8.34. The van der Waals surface area contributed by atoms with Crippen LogP contribution in [-0.2, 0) is 25.2 Å². The monoisotopic (exact) mass is 326 g/mol. The Kier molecular flexibility index (Phi) is 4.25. The maximum Gasteiger partial charge on any atom is 0.334 e. The summed E-state index contributed by atoms with van der Waals surface area (Å²) >= 11 is 0. The average molecular weight is 326 g/mol. The van der Waals surface area contributed by atoms with Crippen LogP contribution in [0.2, 0.25) is 0 Å². The van der Waals surface area contributed by atoms with Crippen molar-refractivity contribution in [3.8, 4) is 0 Å². The van der Waals surface area contributed by atoms with Crippen LogP contribution in [0.25, 0.3) is 0 Å². The molecule has 0 aliphatic carbocycles. The second-order valence-corrected chi connectivity index (χ2v) is 7.15. The third-order valence-corrected chi connectivity index (χ3v) is 5.38. The quantitative estimate of drug-likeness (QED) is 0.805. The Bertz CT molecular complexity index is 688. The predicted molar refractivity (Wildman–Crippen MR) is 79.3 cm³/mol. The molecule has 2 rings (SSSR count). The lowest BCUT2D eigenvalue weighted by atomic mass is 9.85. The second-order valence-electron chi connectivity index (χ2n) is 5.30. The molecule has 7 nitrogen and oxygen atoms in total. The van der Waals surface area contributed by atoms with E-state index in [1.165, 1.54) is 0 Å². The number of likely N-dealkylation sites (tertiary alicyclic amines) is 1. The van der Waals surface area contributed by atoms with Gasteiger partial charge in [-0.15, -0.1) is 0 Å². The summed E-state index contributed by atoms with van der Waals surface area (Å²) in [5.74, 6) is -1.71. The van der Waals surface area contributed by atoms with Crippen LogP contribution in [0.15, 0.2) is 30.3 Å². The highest BCUT2D eigenvalue weighted by molar-refractivity contribution is 7.89. The number of carbonyl (C=O) groups excluding carboxylic acids is 1. The van der Waals surface area contributed by atoms with Crippen molar-refractivity contribution in [2.45, 2.75) is 30.6 Å². The number of rotatable bonds is 5. The van der Waals surface area contributed by atoms with Crippen LogP contribution in [0.4, 0.5) is 0 Å². The summed E-state index contributed by atoms with van der Waals surface area (Å²) in [4.78, 5) is 25.3. The average Bonchev–Trinajstić information content (AvgIpc) is 2.84. The molecule has 2 unspecified atom stereocenters. The lowest BCUT2D eigenvalue weighted by Gasteiger charge is -2.38. The number of carbonyl (C=O) groups is 2. The van der Waals surface area contributed by atoms with Crippen molar-refractivity contribution >= 4 is 21.9 Å². The molecular formula is C14H18N2O5S. The van der Waals surface area contributed by atoms with Gasteiger partial charge in [0.1, 0.15) is 5.25 Å². The third kappa shape index (κ3) is 2.59. The molecule has 1 amide bonds. The van der Waals surface area contributed by atoms with Crippen molar-refractivity contribution in [1.29, 1.82) is 0 Å². The molecule has 0 spiro atoms. The Morgan fingerprint density at radius 3 is 2.41 bits per heavy atom. The first-order valence-electron chi connectivity index (χ1n) is 6.84. The van der Waals surface area contributed by atoms with Gasteiger partial charge in [-0.3, -0.25) is 4.79 Å². The fourth-order valence-corrected chi connectivity index (χ4v) is 3.65. The van der Waals surface area contributed by atoms with Crippen molar-refractivity contribution in [2.75, 3.05) is 6.54 Å². The van der Waals surface area contributed by atoms with Crippen LogP contribution < -0.4 is 5.14 Å². The molecule has 8 heteroatoms. The Hall–Kier alpha value is -1.93. The highest BCUT2D eigenvalue weighted by atomic mass is 32.2. The van der Waals surface area contributed by atoms with Gasteiger partial charge in [-0.1, -0.05) is 37.3 Å². The Morgan fingerprint density at radius 2 is 2.00 bits per heavy atom. The molecular weight excluding hydrogens is 308 g/mol. The zero-order chi connectivity index (χ0) is 16.5. The van der Waals surface area contributed by atoms with E-state index < -0.39 is 32.7 Å². The molecule has 3 N–H and O–H groups in total. The minimum Gasteiger partial charge on any atom is -0.479 e. The fraction of sp³-hybridized carbons (Fsp3) is 0.429. The molecule has 1 aromatic rings. The molecule has 1 aromatic carbocycles. The molecule has 1 heterocycles. The van der Waals surface area contributed by atoms with E-state index in [1.54, 1.807) is 37.3 Å². The number of hydrogen-bond acceptors (Lipinski definition) is 4. The number of amides is 1. The SMILES string of the molecule is CCC(C(=O)O)(c1ccccc1)N1CC(S(N)(=O)=O)CC1=O. The zero-order valence-corrected chi connectivity index (χ0v) is 12.9. The van der Waals surface area contributed by atoms with E-state index in [-0.39, 0.29) is 19.4 Å². The van der Waals surface area contributed by atoms with Gasteiger partial charge in [-0.05, 0) is 12.0 Å². The first-order chi connectivity index (χ1) is 10.2. The van der Waals surface area contributed by atoms with Crippen molar-refractivity contribution < 1.29 is 23.1 Å². The van der Waals surface area contributed by atoms with Crippen LogP contribution >= 0.6 is 0 Å². The largest absolute Gasteiger partial charge is 0.479 e. The van der Waals surface area contributed by atoms with Gasteiger partial charge in [-0.25, -0.2) is 18.4 Å². The molecule has 22 heavy (non-hydrogen) atoms.